The van der Waals surface area contributed by atoms with Gasteiger partial charge in [-0.3, -0.25) is 19.2 Å². The van der Waals surface area contributed by atoms with Gasteiger partial charge in [-0.25, -0.2) is 8.42 Å². The zero-order valence-corrected chi connectivity index (χ0v) is 18.6. The number of ether oxygens (including phenoxy) is 1. The lowest BCUT2D eigenvalue weighted by Gasteiger charge is -2.21. The largest absolute Gasteiger partial charge is 0.491 e. The summed E-state index contributed by atoms with van der Waals surface area (Å²) in [5.41, 5.74) is 0.880. The number of nitrogens with one attached hydrogen (secondary N) is 1. The SMILES string of the molecule is CC(C)Oc1cccc(CCCNC(=O)CN(c2cccc([N+](=O)[O-])c2)S(C)(=O)=O)c1. The lowest BCUT2D eigenvalue weighted by Crippen LogP contribution is -2.40. The average molecular weight is 450 g/mol. The van der Waals surface area contributed by atoms with Crippen molar-refractivity contribution >= 4 is 27.3 Å². The first-order valence-corrected chi connectivity index (χ1v) is 11.7. The average Bonchev–Trinajstić information content (AvgIpc) is 2.68. The molecule has 0 fully saturated rings. The maximum atomic E-state index is 12.3. The van der Waals surface area contributed by atoms with E-state index in [1.807, 2.05) is 38.1 Å². The van der Waals surface area contributed by atoms with Gasteiger partial charge >= 0.3 is 0 Å². The second-order valence-corrected chi connectivity index (χ2v) is 9.22. The number of amides is 1. The number of nitrogens with zero attached hydrogens (tertiary/aromatic N) is 2. The standard InChI is InChI=1S/C21H27N3O6S/c1-16(2)30-20-11-4-7-17(13-20)8-6-12-22-21(25)15-23(31(3,28)29)18-9-5-10-19(14-18)24(26)27/h4-5,7,9-11,13-14,16H,6,8,12,15H2,1-3H3,(H,22,25). The zero-order chi connectivity index (χ0) is 23.0. The maximum absolute atomic E-state index is 12.3. The third-order valence-electron chi connectivity index (χ3n) is 4.25. The van der Waals surface area contributed by atoms with Gasteiger partial charge in [0, 0.05) is 18.7 Å². The molecule has 2 aromatic rings. The van der Waals surface area contributed by atoms with Gasteiger partial charge in [-0.2, -0.15) is 0 Å². The fourth-order valence-corrected chi connectivity index (χ4v) is 3.76. The first-order valence-electron chi connectivity index (χ1n) is 9.80. The second kappa shape index (κ2) is 10.8. The molecular formula is C21H27N3O6S. The molecule has 0 aliphatic heterocycles. The summed E-state index contributed by atoms with van der Waals surface area (Å²) in [6, 6.07) is 12.9. The van der Waals surface area contributed by atoms with Gasteiger partial charge in [0.25, 0.3) is 5.69 Å². The van der Waals surface area contributed by atoms with Crippen LogP contribution in [-0.2, 0) is 21.2 Å². The van der Waals surface area contributed by atoms with Crippen LogP contribution in [0.3, 0.4) is 0 Å². The molecule has 0 bridgehead atoms. The summed E-state index contributed by atoms with van der Waals surface area (Å²) in [5, 5.41) is 13.7. The highest BCUT2D eigenvalue weighted by molar-refractivity contribution is 7.92. The van der Waals surface area contributed by atoms with Crippen molar-refractivity contribution in [2.24, 2.45) is 0 Å². The molecule has 0 aliphatic carbocycles. The lowest BCUT2D eigenvalue weighted by molar-refractivity contribution is -0.384. The summed E-state index contributed by atoms with van der Waals surface area (Å²) in [6.45, 7) is 3.81. The number of carbonyl (C=O) groups excluding carboxylic acids is 1. The number of nitro groups is 1. The maximum Gasteiger partial charge on any atom is 0.271 e. The molecule has 0 spiro atoms. The van der Waals surface area contributed by atoms with E-state index in [0.717, 1.165) is 34.4 Å². The summed E-state index contributed by atoms with van der Waals surface area (Å²) in [6.07, 6.45) is 2.41. The summed E-state index contributed by atoms with van der Waals surface area (Å²) in [5.74, 6) is 0.297. The van der Waals surface area contributed by atoms with Crippen LogP contribution in [0.25, 0.3) is 0 Å². The molecule has 0 atom stereocenters. The number of sulfonamides is 1. The molecule has 0 heterocycles. The topological polar surface area (TPSA) is 119 Å². The van der Waals surface area contributed by atoms with E-state index in [2.05, 4.69) is 5.32 Å². The summed E-state index contributed by atoms with van der Waals surface area (Å²) in [7, 11) is -3.81. The molecule has 10 heteroatoms. The van der Waals surface area contributed by atoms with Crippen LogP contribution in [0.1, 0.15) is 25.8 Å². The van der Waals surface area contributed by atoms with Crippen molar-refractivity contribution in [3.8, 4) is 5.75 Å². The van der Waals surface area contributed by atoms with Gasteiger partial charge in [-0.15, -0.1) is 0 Å². The summed E-state index contributed by atoms with van der Waals surface area (Å²) < 4.78 is 30.8. The molecule has 0 aliphatic rings. The number of aryl methyl sites for hydroxylation is 1. The van der Waals surface area contributed by atoms with E-state index in [-0.39, 0.29) is 17.5 Å². The number of anilines is 1. The van der Waals surface area contributed by atoms with Crippen LogP contribution in [0.4, 0.5) is 11.4 Å². The predicted molar refractivity (Wildman–Crippen MR) is 119 cm³/mol. The van der Waals surface area contributed by atoms with E-state index in [9.17, 15) is 23.3 Å². The summed E-state index contributed by atoms with van der Waals surface area (Å²) >= 11 is 0. The van der Waals surface area contributed by atoms with Crippen molar-refractivity contribution in [3.05, 3.63) is 64.2 Å². The van der Waals surface area contributed by atoms with E-state index in [1.54, 1.807) is 0 Å². The van der Waals surface area contributed by atoms with Crippen LogP contribution in [0.2, 0.25) is 0 Å². The Labute approximate surface area is 182 Å². The fourth-order valence-electron chi connectivity index (χ4n) is 2.91. The number of rotatable bonds is 11. The van der Waals surface area contributed by atoms with E-state index in [4.69, 9.17) is 4.74 Å². The van der Waals surface area contributed by atoms with Crippen molar-refractivity contribution in [1.82, 2.24) is 5.32 Å². The molecule has 1 N–H and O–H groups in total. The minimum Gasteiger partial charge on any atom is -0.491 e. The van der Waals surface area contributed by atoms with Crippen LogP contribution in [0, 0.1) is 10.1 Å². The van der Waals surface area contributed by atoms with Gasteiger partial charge < -0.3 is 10.1 Å². The lowest BCUT2D eigenvalue weighted by atomic mass is 10.1. The van der Waals surface area contributed by atoms with Gasteiger partial charge in [0.15, 0.2) is 0 Å². The second-order valence-electron chi connectivity index (χ2n) is 7.31. The molecule has 2 rings (SSSR count). The first-order chi connectivity index (χ1) is 14.6. The highest BCUT2D eigenvalue weighted by atomic mass is 32.2. The van der Waals surface area contributed by atoms with Gasteiger partial charge in [-0.1, -0.05) is 18.2 Å². The van der Waals surface area contributed by atoms with Crippen molar-refractivity contribution in [2.45, 2.75) is 32.8 Å². The van der Waals surface area contributed by atoms with E-state index >= 15 is 0 Å². The minimum atomic E-state index is -3.81. The monoisotopic (exact) mass is 449 g/mol. The number of benzene rings is 2. The Hall–Kier alpha value is -3.14. The van der Waals surface area contributed by atoms with E-state index in [1.165, 1.54) is 18.2 Å². The highest BCUT2D eigenvalue weighted by Crippen LogP contribution is 2.23. The molecular weight excluding hydrogens is 422 g/mol. The van der Waals surface area contributed by atoms with Gasteiger partial charge in [-0.05, 0) is 50.5 Å². The Kier molecular flexibility index (Phi) is 8.38. The quantitative estimate of drug-likeness (QED) is 0.320. The summed E-state index contributed by atoms with van der Waals surface area (Å²) in [4.78, 5) is 22.7. The normalized spacial score (nSPS) is 11.2. The van der Waals surface area contributed by atoms with Gasteiger partial charge in [0.1, 0.15) is 12.3 Å². The van der Waals surface area contributed by atoms with Gasteiger partial charge in [0.05, 0.1) is 23.0 Å². The van der Waals surface area contributed by atoms with Crippen molar-refractivity contribution in [1.29, 1.82) is 0 Å². The molecule has 0 unspecified atom stereocenters. The van der Waals surface area contributed by atoms with Crippen LogP contribution < -0.4 is 14.4 Å². The van der Waals surface area contributed by atoms with Crippen LogP contribution >= 0.6 is 0 Å². The van der Waals surface area contributed by atoms with Crippen molar-refractivity contribution in [3.63, 3.8) is 0 Å². The molecule has 0 saturated carbocycles. The predicted octanol–water partition coefficient (Wildman–Crippen LogP) is 2.90. The number of nitro benzene ring substituents is 1. The smallest absolute Gasteiger partial charge is 0.271 e. The Bertz CT molecular complexity index is 1020. The fraction of sp³-hybridized carbons (Fsp3) is 0.381. The van der Waals surface area contributed by atoms with Crippen molar-refractivity contribution < 1.29 is 22.9 Å². The Morgan fingerprint density at radius 3 is 2.55 bits per heavy atom. The number of carbonyl (C=O) groups is 1. The number of hydrogen-bond acceptors (Lipinski definition) is 6. The third-order valence-corrected chi connectivity index (χ3v) is 5.39. The highest BCUT2D eigenvalue weighted by Gasteiger charge is 2.22. The van der Waals surface area contributed by atoms with Gasteiger partial charge in [0.2, 0.25) is 15.9 Å². The van der Waals surface area contributed by atoms with Crippen molar-refractivity contribution in [2.75, 3.05) is 23.7 Å². The van der Waals surface area contributed by atoms with E-state index in [0.29, 0.717) is 13.0 Å². The van der Waals surface area contributed by atoms with E-state index < -0.39 is 27.4 Å². The minimum absolute atomic E-state index is 0.0637. The molecule has 0 radical (unpaired) electrons. The third kappa shape index (κ3) is 7.89. The molecule has 9 nitrogen and oxygen atoms in total. The molecule has 1 amide bonds. The van der Waals surface area contributed by atoms with Crippen LogP contribution in [0.15, 0.2) is 48.5 Å². The Morgan fingerprint density at radius 1 is 1.19 bits per heavy atom. The Morgan fingerprint density at radius 2 is 1.90 bits per heavy atom. The Balaban J connectivity index is 1.92. The first kappa shape index (κ1) is 24.1. The number of hydrogen-bond donors (Lipinski definition) is 1. The zero-order valence-electron chi connectivity index (χ0n) is 17.8. The molecule has 31 heavy (non-hydrogen) atoms. The molecule has 2 aromatic carbocycles. The molecule has 0 saturated heterocycles. The van der Waals surface area contributed by atoms with Crippen LogP contribution in [-0.4, -0.2) is 44.7 Å². The number of non-ortho nitro benzene ring substituents is 1. The molecule has 168 valence electrons. The van der Waals surface area contributed by atoms with Crippen LogP contribution in [0.5, 0.6) is 5.75 Å². The molecule has 0 aromatic heterocycles.